The second kappa shape index (κ2) is 10.3. The zero-order valence-electron chi connectivity index (χ0n) is 18.0. The van der Waals surface area contributed by atoms with E-state index in [0.29, 0.717) is 23.5 Å². The zero-order valence-corrected chi connectivity index (χ0v) is 18.0. The molecule has 2 atom stereocenters. The van der Waals surface area contributed by atoms with Crippen LogP contribution in [0.3, 0.4) is 0 Å². The third kappa shape index (κ3) is 5.56. The smallest absolute Gasteiger partial charge is 0.328 e. The van der Waals surface area contributed by atoms with Crippen molar-refractivity contribution in [3.63, 3.8) is 0 Å². The van der Waals surface area contributed by atoms with E-state index in [4.69, 9.17) is 0 Å². The quantitative estimate of drug-likeness (QED) is 0.412. The fourth-order valence-corrected chi connectivity index (χ4v) is 2.99. The van der Waals surface area contributed by atoms with Crippen LogP contribution in [0.5, 0.6) is 0 Å². The zero-order chi connectivity index (χ0) is 23.1. The van der Waals surface area contributed by atoms with E-state index >= 15 is 0 Å². The van der Waals surface area contributed by atoms with E-state index in [1.54, 1.807) is 4.57 Å². The summed E-state index contributed by atoms with van der Waals surface area (Å²) in [5.41, 5.74) is 2.11. The van der Waals surface area contributed by atoms with E-state index in [2.05, 4.69) is 35.6 Å². The van der Waals surface area contributed by atoms with Crippen molar-refractivity contribution in [2.24, 2.45) is 0 Å². The minimum absolute atomic E-state index is 0.0875. The number of hydrogen-bond donors (Lipinski definition) is 3. The number of anilines is 1. The summed E-state index contributed by atoms with van der Waals surface area (Å²) < 4.78 is 6.14. The maximum absolute atomic E-state index is 12.5. The van der Waals surface area contributed by atoms with Crippen LogP contribution in [0, 0.1) is 0 Å². The summed E-state index contributed by atoms with van der Waals surface area (Å²) in [5, 5.41) is 8.31. The molecule has 2 heterocycles. The largest absolute Gasteiger partial charge is 0.467 e. The Balaban J connectivity index is 1.61. The van der Waals surface area contributed by atoms with Crippen LogP contribution in [-0.4, -0.2) is 56.5 Å². The Morgan fingerprint density at radius 3 is 2.50 bits per heavy atom. The fraction of sp³-hybridized carbons (Fsp3) is 0.333. The summed E-state index contributed by atoms with van der Waals surface area (Å²) in [6, 6.07) is 8.19. The number of methoxy groups -OCH3 is 1. The number of amides is 2. The molecule has 3 N–H and O–H groups in total. The standard InChI is InChI=1S/C21H25N7O4/c1-13(20(30)27-14(2)21(31)32-3)26-16(29)10-28-12-25-17-18(23-11-24-19(17)28)22-9-15-7-5-4-6-8-15/h4-8,11-14H,9-10H2,1-3H3,(H,26,29)(H,27,30)(H,22,23,24)/t13-,14-/m0/s1. The molecule has 0 radical (unpaired) electrons. The molecule has 0 aliphatic rings. The van der Waals surface area contributed by atoms with Crippen LogP contribution in [0.2, 0.25) is 0 Å². The molecule has 0 unspecified atom stereocenters. The van der Waals surface area contributed by atoms with Gasteiger partial charge in [0.15, 0.2) is 11.5 Å². The number of esters is 1. The number of nitrogens with zero attached hydrogens (tertiary/aromatic N) is 4. The molecule has 3 aromatic rings. The van der Waals surface area contributed by atoms with Crippen LogP contribution in [0.4, 0.5) is 5.82 Å². The molecule has 168 valence electrons. The van der Waals surface area contributed by atoms with Gasteiger partial charge in [-0.05, 0) is 19.4 Å². The number of aromatic nitrogens is 4. The van der Waals surface area contributed by atoms with Crippen LogP contribution < -0.4 is 16.0 Å². The predicted octanol–water partition coefficient (Wildman–Crippen LogP) is 0.621. The average Bonchev–Trinajstić information content (AvgIpc) is 3.20. The lowest BCUT2D eigenvalue weighted by Crippen LogP contribution is -2.50. The second-order valence-corrected chi connectivity index (χ2v) is 7.15. The third-order valence-corrected chi connectivity index (χ3v) is 4.70. The molecular formula is C21H25N7O4. The number of ether oxygens (including phenoxy) is 1. The normalized spacial score (nSPS) is 12.6. The molecule has 3 rings (SSSR count). The molecule has 2 amide bonds. The Kier molecular flexibility index (Phi) is 7.32. The Labute approximate surface area is 184 Å². The molecule has 2 aromatic heterocycles. The van der Waals surface area contributed by atoms with Gasteiger partial charge in [0.05, 0.1) is 13.4 Å². The SMILES string of the molecule is COC(=O)[C@H](C)NC(=O)[C@H](C)NC(=O)Cn1cnc2c(NCc3ccccc3)ncnc21. The number of imidazole rings is 1. The molecule has 0 bridgehead atoms. The summed E-state index contributed by atoms with van der Waals surface area (Å²) in [5.74, 6) is -0.919. The molecule has 11 nitrogen and oxygen atoms in total. The van der Waals surface area contributed by atoms with Crippen molar-refractivity contribution in [2.75, 3.05) is 12.4 Å². The van der Waals surface area contributed by atoms with E-state index < -0.39 is 29.9 Å². The van der Waals surface area contributed by atoms with Crippen LogP contribution in [0.1, 0.15) is 19.4 Å². The maximum Gasteiger partial charge on any atom is 0.328 e. The van der Waals surface area contributed by atoms with Gasteiger partial charge in [-0.25, -0.2) is 19.7 Å². The first-order chi connectivity index (χ1) is 15.4. The number of rotatable bonds is 9. The molecule has 0 saturated heterocycles. The number of carbonyl (C=O) groups excluding carboxylic acids is 3. The Morgan fingerprint density at radius 2 is 1.78 bits per heavy atom. The lowest BCUT2D eigenvalue weighted by molar-refractivity contribution is -0.144. The first-order valence-electron chi connectivity index (χ1n) is 10.00. The summed E-state index contributed by atoms with van der Waals surface area (Å²) in [7, 11) is 1.23. The van der Waals surface area contributed by atoms with E-state index in [-0.39, 0.29) is 6.54 Å². The van der Waals surface area contributed by atoms with Crippen molar-refractivity contribution in [3.05, 3.63) is 48.5 Å². The number of nitrogens with one attached hydrogen (secondary N) is 3. The highest BCUT2D eigenvalue weighted by Gasteiger charge is 2.22. The summed E-state index contributed by atoms with van der Waals surface area (Å²) in [6.07, 6.45) is 2.90. The molecule has 1 aromatic carbocycles. The summed E-state index contributed by atoms with van der Waals surface area (Å²) in [6.45, 7) is 3.50. The van der Waals surface area contributed by atoms with Gasteiger partial charge in [-0.15, -0.1) is 0 Å². The third-order valence-electron chi connectivity index (χ3n) is 4.70. The highest BCUT2D eigenvalue weighted by Crippen LogP contribution is 2.18. The monoisotopic (exact) mass is 439 g/mol. The first kappa shape index (κ1) is 22.7. The van der Waals surface area contributed by atoms with Gasteiger partial charge in [0.25, 0.3) is 0 Å². The van der Waals surface area contributed by atoms with Gasteiger partial charge >= 0.3 is 5.97 Å². The molecule has 11 heteroatoms. The van der Waals surface area contributed by atoms with Gasteiger partial charge < -0.3 is 25.3 Å². The van der Waals surface area contributed by atoms with Gasteiger partial charge in [-0.3, -0.25) is 9.59 Å². The first-order valence-corrected chi connectivity index (χ1v) is 10.00. The predicted molar refractivity (Wildman–Crippen MR) is 116 cm³/mol. The van der Waals surface area contributed by atoms with Crippen molar-refractivity contribution < 1.29 is 19.1 Å². The summed E-state index contributed by atoms with van der Waals surface area (Å²) in [4.78, 5) is 48.9. The van der Waals surface area contributed by atoms with Crippen LogP contribution in [-0.2, 0) is 32.2 Å². The van der Waals surface area contributed by atoms with Gasteiger partial charge in [-0.2, -0.15) is 0 Å². The van der Waals surface area contributed by atoms with Crippen molar-refractivity contribution in [1.29, 1.82) is 0 Å². The van der Waals surface area contributed by atoms with E-state index in [1.807, 2.05) is 30.3 Å². The molecule has 0 aliphatic heterocycles. The lowest BCUT2D eigenvalue weighted by Gasteiger charge is -2.17. The Morgan fingerprint density at radius 1 is 1.03 bits per heavy atom. The molecule has 0 aliphatic carbocycles. The fourth-order valence-electron chi connectivity index (χ4n) is 2.99. The van der Waals surface area contributed by atoms with E-state index in [9.17, 15) is 14.4 Å². The average molecular weight is 439 g/mol. The maximum atomic E-state index is 12.5. The van der Waals surface area contributed by atoms with Crippen molar-refractivity contribution in [3.8, 4) is 0 Å². The second-order valence-electron chi connectivity index (χ2n) is 7.15. The van der Waals surface area contributed by atoms with Crippen molar-refractivity contribution in [2.45, 2.75) is 39.0 Å². The van der Waals surface area contributed by atoms with Gasteiger partial charge in [0, 0.05) is 6.54 Å². The minimum atomic E-state index is -0.845. The van der Waals surface area contributed by atoms with Crippen LogP contribution >= 0.6 is 0 Å². The molecule has 0 saturated carbocycles. The minimum Gasteiger partial charge on any atom is -0.467 e. The number of carbonyl (C=O) groups is 3. The van der Waals surface area contributed by atoms with Crippen molar-refractivity contribution >= 4 is 34.8 Å². The topological polar surface area (TPSA) is 140 Å². The molecule has 0 spiro atoms. The molecule has 0 fully saturated rings. The van der Waals surface area contributed by atoms with Gasteiger partial charge in [0.1, 0.15) is 30.5 Å². The highest BCUT2D eigenvalue weighted by molar-refractivity contribution is 5.90. The lowest BCUT2D eigenvalue weighted by atomic mass is 10.2. The highest BCUT2D eigenvalue weighted by atomic mass is 16.5. The summed E-state index contributed by atoms with van der Waals surface area (Å²) >= 11 is 0. The molecular weight excluding hydrogens is 414 g/mol. The Hall–Kier alpha value is -4.02. The van der Waals surface area contributed by atoms with Gasteiger partial charge in [-0.1, -0.05) is 30.3 Å². The number of fused-ring (bicyclic) bond motifs is 1. The van der Waals surface area contributed by atoms with Gasteiger partial charge in [0.2, 0.25) is 11.8 Å². The van der Waals surface area contributed by atoms with Crippen LogP contribution in [0.25, 0.3) is 11.2 Å². The van der Waals surface area contributed by atoms with E-state index in [0.717, 1.165) is 5.56 Å². The van der Waals surface area contributed by atoms with Crippen molar-refractivity contribution in [1.82, 2.24) is 30.2 Å². The Bertz CT molecular complexity index is 1100. The van der Waals surface area contributed by atoms with E-state index in [1.165, 1.54) is 33.6 Å². The number of hydrogen-bond acceptors (Lipinski definition) is 8. The molecule has 32 heavy (non-hydrogen) atoms. The van der Waals surface area contributed by atoms with Crippen LogP contribution in [0.15, 0.2) is 43.0 Å². The number of benzene rings is 1.